The molecule has 3 heteroatoms. The molecule has 0 amide bonds. The largest absolute Gasteiger partial charge is 0.292 e. The second-order valence-corrected chi connectivity index (χ2v) is 1.73. The normalized spacial score (nSPS) is 30.7. The molecule has 0 radical (unpaired) electrons. The molecule has 1 heterocycles. The fraction of sp³-hybridized carbons (Fsp3) is 1.00. The van der Waals surface area contributed by atoms with Crippen LogP contribution in [0, 0.1) is 0 Å². The van der Waals surface area contributed by atoms with E-state index in [1.54, 1.807) is 0 Å². The molecule has 0 spiro atoms. The van der Waals surface area contributed by atoms with Gasteiger partial charge in [0.2, 0.25) is 0 Å². The third kappa shape index (κ3) is 1.23. The summed E-state index contributed by atoms with van der Waals surface area (Å²) in [6.45, 7) is 3.62. The van der Waals surface area contributed by atoms with Gasteiger partial charge in [0.05, 0.1) is 6.54 Å². The third-order valence-corrected chi connectivity index (χ3v) is 0.966. The van der Waals surface area contributed by atoms with Crippen molar-refractivity contribution in [3.63, 3.8) is 0 Å². The van der Waals surface area contributed by atoms with Gasteiger partial charge in [0.25, 0.3) is 0 Å². The Hall–Kier alpha value is -0.440. The van der Waals surface area contributed by atoms with Crippen molar-refractivity contribution < 1.29 is 0 Å². The number of hydrogen-bond acceptors (Lipinski definition) is 3. The highest BCUT2D eigenvalue weighted by atomic mass is 15.2. The van der Waals surface area contributed by atoms with Crippen LogP contribution in [0.25, 0.3) is 0 Å². The predicted molar refractivity (Wildman–Crippen MR) is 27.2 cm³/mol. The lowest BCUT2D eigenvalue weighted by atomic mass is 10.3. The molecule has 1 aliphatic rings. The van der Waals surface area contributed by atoms with Crippen molar-refractivity contribution in [3.05, 3.63) is 0 Å². The van der Waals surface area contributed by atoms with Gasteiger partial charge in [0, 0.05) is 6.04 Å². The highest BCUT2D eigenvalue weighted by Crippen LogP contribution is 1.88. The first-order valence-electron chi connectivity index (χ1n) is 2.46. The van der Waals surface area contributed by atoms with E-state index in [1.807, 2.05) is 0 Å². The standard InChI is InChI=1S/C4H9N3/c1-4-2-6-7-3-5-4/h4-5H,2-3H2,1H3. The number of rotatable bonds is 0. The number of nitrogens with one attached hydrogen (secondary N) is 1. The highest BCUT2D eigenvalue weighted by molar-refractivity contribution is 4.63. The zero-order chi connectivity index (χ0) is 5.11. The Morgan fingerprint density at radius 2 is 2.43 bits per heavy atom. The molecule has 1 aliphatic heterocycles. The molecule has 0 saturated carbocycles. The average Bonchev–Trinajstić information content (AvgIpc) is 1.69. The molecule has 0 fully saturated rings. The van der Waals surface area contributed by atoms with E-state index in [1.165, 1.54) is 0 Å². The van der Waals surface area contributed by atoms with Crippen LogP contribution in [-0.4, -0.2) is 19.3 Å². The van der Waals surface area contributed by atoms with Crippen LogP contribution < -0.4 is 5.32 Å². The molecule has 1 atom stereocenters. The highest BCUT2D eigenvalue weighted by Gasteiger charge is 2.00. The van der Waals surface area contributed by atoms with E-state index in [0.717, 1.165) is 6.54 Å². The third-order valence-electron chi connectivity index (χ3n) is 0.966. The summed E-state index contributed by atoms with van der Waals surface area (Å²) in [4.78, 5) is 0. The van der Waals surface area contributed by atoms with Crippen LogP contribution in [0.15, 0.2) is 10.2 Å². The summed E-state index contributed by atoms with van der Waals surface area (Å²) >= 11 is 0. The number of azo groups is 1. The lowest BCUT2D eigenvalue weighted by Crippen LogP contribution is -2.31. The van der Waals surface area contributed by atoms with Gasteiger partial charge < -0.3 is 0 Å². The molecule has 3 nitrogen and oxygen atoms in total. The molecule has 0 saturated heterocycles. The van der Waals surface area contributed by atoms with Gasteiger partial charge in [-0.15, -0.1) is 0 Å². The molecule has 1 unspecified atom stereocenters. The summed E-state index contributed by atoms with van der Waals surface area (Å²) in [7, 11) is 0. The SMILES string of the molecule is CC1CN=NCN1. The molecule has 0 aromatic rings. The van der Waals surface area contributed by atoms with Gasteiger partial charge in [-0.1, -0.05) is 0 Å². The first kappa shape index (κ1) is 4.71. The summed E-state index contributed by atoms with van der Waals surface area (Å²) < 4.78 is 0. The van der Waals surface area contributed by atoms with Crippen molar-refractivity contribution in [2.45, 2.75) is 13.0 Å². The van der Waals surface area contributed by atoms with E-state index in [-0.39, 0.29) is 0 Å². The first-order chi connectivity index (χ1) is 3.39. The Bertz CT molecular complexity index is 79.0. The van der Waals surface area contributed by atoms with Gasteiger partial charge in [-0.05, 0) is 6.92 Å². The quantitative estimate of drug-likeness (QED) is 0.468. The van der Waals surface area contributed by atoms with E-state index >= 15 is 0 Å². The van der Waals surface area contributed by atoms with Crippen molar-refractivity contribution >= 4 is 0 Å². The van der Waals surface area contributed by atoms with Gasteiger partial charge >= 0.3 is 0 Å². The van der Waals surface area contributed by atoms with Gasteiger partial charge in [0.15, 0.2) is 0 Å². The Balaban J connectivity index is 2.32. The lowest BCUT2D eigenvalue weighted by Gasteiger charge is -2.11. The predicted octanol–water partition coefficient (Wildman–Crippen LogP) is 0.388. The molecule has 0 aromatic carbocycles. The molecule has 0 aromatic heterocycles. The van der Waals surface area contributed by atoms with Crippen molar-refractivity contribution in [1.82, 2.24) is 5.32 Å². The molecule has 0 aliphatic carbocycles. The second-order valence-electron chi connectivity index (χ2n) is 1.73. The maximum Gasteiger partial charge on any atom is 0.110 e. The van der Waals surface area contributed by atoms with Crippen molar-refractivity contribution in [3.8, 4) is 0 Å². The van der Waals surface area contributed by atoms with Crippen LogP contribution in [0.3, 0.4) is 0 Å². The topological polar surface area (TPSA) is 36.8 Å². The molecule has 1 N–H and O–H groups in total. The summed E-state index contributed by atoms with van der Waals surface area (Å²) in [6.07, 6.45) is 0. The zero-order valence-corrected chi connectivity index (χ0v) is 4.39. The molecular weight excluding hydrogens is 90.1 g/mol. The van der Waals surface area contributed by atoms with Gasteiger partial charge in [0.1, 0.15) is 6.67 Å². The van der Waals surface area contributed by atoms with E-state index in [0.29, 0.717) is 12.7 Å². The Morgan fingerprint density at radius 3 is 2.71 bits per heavy atom. The molecule has 0 bridgehead atoms. The van der Waals surface area contributed by atoms with Gasteiger partial charge in [-0.3, -0.25) is 5.32 Å². The fourth-order valence-corrected chi connectivity index (χ4v) is 0.491. The first-order valence-corrected chi connectivity index (χ1v) is 2.46. The second kappa shape index (κ2) is 2.02. The van der Waals surface area contributed by atoms with E-state index in [2.05, 4.69) is 22.5 Å². The summed E-state index contributed by atoms with van der Waals surface area (Å²) in [5.74, 6) is 0. The molecule has 40 valence electrons. The fourth-order valence-electron chi connectivity index (χ4n) is 0.491. The van der Waals surface area contributed by atoms with Crippen LogP contribution in [0.4, 0.5) is 0 Å². The smallest absolute Gasteiger partial charge is 0.110 e. The summed E-state index contributed by atoms with van der Waals surface area (Å²) in [6, 6.07) is 0.525. The van der Waals surface area contributed by atoms with Crippen LogP contribution in [-0.2, 0) is 0 Å². The van der Waals surface area contributed by atoms with Crippen molar-refractivity contribution in [1.29, 1.82) is 0 Å². The Labute approximate surface area is 42.8 Å². The average molecular weight is 99.1 g/mol. The Kier molecular flexibility index (Phi) is 1.36. The van der Waals surface area contributed by atoms with Crippen molar-refractivity contribution in [2.75, 3.05) is 13.2 Å². The minimum Gasteiger partial charge on any atom is -0.292 e. The summed E-state index contributed by atoms with van der Waals surface area (Å²) in [5, 5.41) is 10.7. The molecular formula is C4H9N3. The molecule has 7 heavy (non-hydrogen) atoms. The van der Waals surface area contributed by atoms with E-state index in [9.17, 15) is 0 Å². The molecule has 1 rings (SSSR count). The van der Waals surface area contributed by atoms with E-state index < -0.39 is 0 Å². The minimum atomic E-state index is 0.525. The number of nitrogens with zero attached hydrogens (tertiary/aromatic N) is 2. The maximum absolute atomic E-state index is 3.82. The van der Waals surface area contributed by atoms with Crippen LogP contribution in [0.5, 0.6) is 0 Å². The number of hydrogen-bond donors (Lipinski definition) is 1. The minimum absolute atomic E-state index is 0.525. The lowest BCUT2D eigenvalue weighted by molar-refractivity contribution is 0.504. The maximum atomic E-state index is 3.82. The van der Waals surface area contributed by atoms with Gasteiger partial charge in [-0.25, -0.2) is 0 Å². The summed E-state index contributed by atoms with van der Waals surface area (Å²) in [5.41, 5.74) is 0. The monoisotopic (exact) mass is 99.1 g/mol. The van der Waals surface area contributed by atoms with Crippen LogP contribution >= 0.6 is 0 Å². The van der Waals surface area contributed by atoms with E-state index in [4.69, 9.17) is 0 Å². The zero-order valence-electron chi connectivity index (χ0n) is 4.39. The van der Waals surface area contributed by atoms with Crippen LogP contribution in [0.1, 0.15) is 6.92 Å². The van der Waals surface area contributed by atoms with Gasteiger partial charge in [-0.2, -0.15) is 10.2 Å². The van der Waals surface area contributed by atoms with Crippen molar-refractivity contribution in [2.24, 2.45) is 10.2 Å². The Morgan fingerprint density at radius 1 is 1.57 bits per heavy atom. The van der Waals surface area contributed by atoms with Crippen LogP contribution in [0.2, 0.25) is 0 Å².